The van der Waals surface area contributed by atoms with Crippen molar-refractivity contribution in [2.75, 3.05) is 17.2 Å². The number of nitrogens with one attached hydrogen (secondary N) is 2. The lowest BCUT2D eigenvalue weighted by molar-refractivity contribution is 0.627. The molecule has 0 spiro atoms. The number of benzene rings is 2. The van der Waals surface area contributed by atoms with Gasteiger partial charge in [-0.2, -0.15) is 4.98 Å². The highest BCUT2D eigenvalue weighted by molar-refractivity contribution is 5.60. The molecule has 3 rings (SSSR count). The average molecular weight is 364 g/mol. The summed E-state index contributed by atoms with van der Waals surface area (Å²) in [7, 11) is 0. The Labute approximate surface area is 159 Å². The fourth-order valence-corrected chi connectivity index (χ4v) is 2.94. The van der Waals surface area contributed by atoms with Crippen LogP contribution in [0.3, 0.4) is 0 Å². The Morgan fingerprint density at radius 2 is 1.74 bits per heavy atom. The molecule has 0 fully saturated rings. The van der Waals surface area contributed by atoms with Crippen molar-refractivity contribution in [1.82, 2.24) is 9.97 Å². The van der Waals surface area contributed by atoms with Gasteiger partial charge in [-0.1, -0.05) is 44.2 Å². The van der Waals surface area contributed by atoms with Gasteiger partial charge in [-0.15, -0.1) is 0 Å². The van der Waals surface area contributed by atoms with Crippen molar-refractivity contribution in [3.8, 4) is 0 Å². The van der Waals surface area contributed by atoms with Crippen molar-refractivity contribution < 1.29 is 4.39 Å². The molecule has 0 amide bonds. The van der Waals surface area contributed by atoms with Crippen molar-refractivity contribution in [3.05, 3.63) is 77.2 Å². The van der Waals surface area contributed by atoms with Crippen molar-refractivity contribution >= 4 is 17.5 Å². The van der Waals surface area contributed by atoms with E-state index < -0.39 is 0 Å². The molecule has 0 aliphatic rings. The van der Waals surface area contributed by atoms with Gasteiger partial charge in [0.2, 0.25) is 5.95 Å². The fraction of sp³-hybridized carbons (Fsp3) is 0.273. The lowest BCUT2D eigenvalue weighted by atomic mass is 10.0. The van der Waals surface area contributed by atoms with Crippen LogP contribution in [0, 0.1) is 12.7 Å². The van der Waals surface area contributed by atoms with Gasteiger partial charge in [0.15, 0.2) is 0 Å². The van der Waals surface area contributed by atoms with Gasteiger partial charge >= 0.3 is 0 Å². The minimum atomic E-state index is -0.212. The molecule has 1 heterocycles. The Morgan fingerprint density at radius 3 is 2.48 bits per heavy atom. The van der Waals surface area contributed by atoms with Crippen LogP contribution in [-0.2, 0) is 6.42 Å². The van der Waals surface area contributed by atoms with Crippen LogP contribution in [0.2, 0.25) is 0 Å². The molecule has 0 bridgehead atoms. The summed E-state index contributed by atoms with van der Waals surface area (Å²) in [6, 6.07) is 16.7. The Kier molecular flexibility index (Phi) is 6.01. The second kappa shape index (κ2) is 8.62. The number of rotatable bonds is 7. The average Bonchev–Trinajstić information content (AvgIpc) is 2.63. The van der Waals surface area contributed by atoms with E-state index in [1.807, 2.05) is 31.2 Å². The predicted molar refractivity (Wildman–Crippen MR) is 109 cm³/mol. The van der Waals surface area contributed by atoms with Gasteiger partial charge < -0.3 is 10.6 Å². The number of anilines is 3. The number of nitrogens with zero attached hydrogens (tertiary/aromatic N) is 2. The first kappa shape index (κ1) is 18.8. The maximum absolute atomic E-state index is 13.0. The van der Waals surface area contributed by atoms with Crippen LogP contribution in [0.1, 0.15) is 36.6 Å². The zero-order valence-corrected chi connectivity index (χ0v) is 16.0. The SMILES string of the molecule is Cc1cc(NCCc2ccc(F)cc2)nc(Nc2ccccc2C(C)C)n1. The van der Waals surface area contributed by atoms with Gasteiger partial charge in [-0.25, -0.2) is 9.37 Å². The molecular weight excluding hydrogens is 339 g/mol. The lowest BCUT2D eigenvalue weighted by Crippen LogP contribution is -2.09. The standard InChI is InChI=1S/C22H25FN4/c1-15(2)19-6-4-5-7-20(19)26-22-25-16(3)14-21(27-22)24-13-12-17-8-10-18(23)11-9-17/h4-11,14-15H,12-13H2,1-3H3,(H2,24,25,26,27). The lowest BCUT2D eigenvalue weighted by Gasteiger charge is -2.14. The summed E-state index contributed by atoms with van der Waals surface area (Å²) in [6.07, 6.45) is 0.794. The first-order valence-electron chi connectivity index (χ1n) is 9.21. The number of halogens is 1. The molecule has 5 heteroatoms. The minimum Gasteiger partial charge on any atom is -0.370 e. The first-order chi connectivity index (χ1) is 13.0. The summed E-state index contributed by atoms with van der Waals surface area (Å²) in [4.78, 5) is 9.08. The van der Waals surface area contributed by atoms with Crippen LogP contribution >= 0.6 is 0 Å². The number of hydrogen-bond donors (Lipinski definition) is 2. The maximum atomic E-state index is 13.0. The van der Waals surface area contributed by atoms with Gasteiger partial charge in [0, 0.05) is 24.0 Å². The Bertz CT molecular complexity index is 891. The summed E-state index contributed by atoms with van der Waals surface area (Å²) >= 11 is 0. The number of aryl methyl sites for hydroxylation is 1. The fourth-order valence-electron chi connectivity index (χ4n) is 2.94. The minimum absolute atomic E-state index is 0.212. The van der Waals surface area contributed by atoms with E-state index in [0.29, 0.717) is 18.4 Å². The molecule has 3 aromatic rings. The molecule has 0 unspecified atom stereocenters. The number of aromatic nitrogens is 2. The van der Waals surface area contributed by atoms with Crippen LogP contribution in [0.25, 0.3) is 0 Å². The molecule has 0 saturated heterocycles. The van der Waals surface area contributed by atoms with E-state index in [1.54, 1.807) is 12.1 Å². The molecule has 0 aliphatic carbocycles. The van der Waals surface area contributed by atoms with Crippen LogP contribution in [0.15, 0.2) is 54.6 Å². The van der Waals surface area contributed by atoms with Gasteiger partial charge in [0.25, 0.3) is 0 Å². The van der Waals surface area contributed by atoms with Crippen molar-refractivity contribution in [3.63, 3.8) is 0 Å². The third kappa shape index (κ3) is 5.26. The topological polar surface area (TPSA) is 49.8 Å². The predicted octanol–water partition coefficient (Wildman–Crippen LogP) is 5.45. The molecule has 2 aromatic carbocycles. The van der Waals surface area contributed by atoms with Gasteiger partial charge in [-0.3, -0.25) is 0 Å². The molecule has 2 N–H and O–H groups in total. The van der Waals surface area contributed by atoms with E-state index >= 15 is 0 Å². The van der Waals surface area contributed by atoms with Crippen LogP contribution in [-0.4, -0.2) is 16.5 Å². The number of hydrogen-bond acceptors (Lipinski definition) is 4. The molecule has 140 valence electrons. The highest BCUT2D eigenvalue weighted by atomic mass is 19.1. The molecule has 27 heavy (non-hydrogen) atoms. The zero-order valence-electron chi connectivity index (χ0n) is 16.0. The van der Waals surface area contributed by atoms with Crippen LogP contribution in [0.5, 0.6) is 0 Å². The summed E-state index contributed by atoms with van der Waals surface area (Å²) in [5.74, 6) is 1.55. The highest BCUT2D eigenvalue weighted by Crippen LogP contribution is 2.26. The van der Waals surface area contributed by atoms with Crippen molar-refractivity contribution in [2.24, 2.45) is 0 Å². The monoisotopic (exact) mass is 364 g/mol. The Balaban J connectivity index is 1.68. The van der Waals surface area contributed by atoms with E-state index in [1.165, 1.54) is 17.7 Å². The second-order valence-corrected chi connectivity index (χ2v) is 6.89. The summed E-state index contributed by atoms with van der Waals surface area (Å²) in [5, 5.41) is 6.67. The Hall–Kier alpha value is -2.95. The molecule has 1 aromatic heterocycles. The van der Waals surface area contributed by atoms with Crippen molar-refractivity contribution in [1.29, 1.82) is 0 Å². The first-order valence-corrected chi connectivity index (χ1v) is 9.21. The normalized spacial score (nSPS) is 10.9. The Morgan fingerprint density at radius 1 is 1.00 bits per heavy atom. The quantitative estimate of drug-likeness (QED) is 0.586. The van der Waals surface area contributed by atoms with E-state index in [0.717, 1.165) is 29.2 Å². The van der Waals surface area contributed by atoms with Gasteiger partial charge in [0.1, 0.15) is 11.6 Å². The van der Waals surface area contributed by atoms with Crippen molar-refractivity contribution in [2.45, 2.75) is 33.1 Å². The molecule has 0 radical (unpaired) electrons. The third-order valence-electron chi connectivity index (χ3n) is 4.32. The number of para-hydroxylation sites is 1. The second-order valence-electron chi connectivity index (χ2n) is 6.89. The van der Waals surface area contributed by atoms with E-state index in [-0.39, 0.29) is 5.82 Å². The smallest absolute Gasteiger partial charge is 0.229 e. The van der Waals surface area contributed by atoms with Gasteiger partial charge in [-0.05, 0) is 48.6 Å². The summed E-state index contributed by atoms with van der Waals surface area (Å²) in [6.45, 7) is 7.00. The molecule has 4 nitrogen and oxygen atoms in total. The maximum Gasteiger partial charge on any atom is 0.229 e. The largest absolute Gasteiger partial charge is 0.370 e. The molecular formula is C22H25FN4. The molecule has 0 aliphatic heterocycles. The third-order valence-corrected chi connectivity index (χ3v) is 4.32. The van der Waals surface area contributed by atoms with Crippen LogP contribution < -0.4 is 10.6 Å². The zero-order chi connectivity index (χ0) is 19.2. The molecule has 0 atom stereocenters. The summed E-state index contributed by atoms with van der Waals surface area (Å²) < 4.78 is 13.0. The highest BCUT2D eigenvalue weighted by Gasteiger charge is 2.08. The van der Waals surface area contributed by atoms with E-state index in [9.17, 15) is 4.39 Å². The molecule has 0 saturated carbocycles. The van der Waals surface area contributed by atoms with E-state index in [4.69, 9.17) is 0 Å². The summed E-state index contributed by atoms with van der Waals surface area (Å²) in [5.41, 5.74) is 4.22. The van der Waals surface area contributed by atoms with Gasteiger partial charge in [0.05, 0.1) is 0 Å². The van der Waals surface area contributed by atoms with Crippen LogP contribution in [0.4, 0.5) is 21.8 Å². The van der Waals surface area contributed by atoms with E-state index in [2.05, 4.69) is 40.5 Å².